The van der Waals surface area contributed by atoms with Gasteiger partial charge in [-0.2, -0.15) is 0 Å². The van der Waals surface area contributed by atoms with Crippen LogP contribution in [0.4, 0.5) is 0 Å². The van der Waals surface area contributed by atoms with Crippen LogP contribution in [0.5, 0.6) is 0 Å². The summed E-state index contributed by atoms with van der Waals surface area (Å²) in [5.41, 5.74) is 3.98. The highest BCUT2D eigenvalue weighted by Gasteiger charge is 2.03. The number of benzene rings is 2. The van der Waals surface area contributed by atoms with Crippen LogP contribution in [0.15, 0.2) is 79.4 Å². The van der Waals surface area contributed by atoms with Crippen LogP contribution in [0.3, 0.4) is 0 Å². The summed E-state index contributed by atoms with van der Waals surface area (Å²) in [6.07, 6.45) is 13.3. The fraction of sp³-hybridized carbons (Fsp3) is 0.304. The summed E-state index contributed by atoms with van der Waals surface area (Å²) in [4.78, 5) is 0. The van der Waals surface area contributed by atoms with Crippen molar-refractivity contribution in [2.75, 3.05) is 0 Å². The largest absolute Gasteiger partial charge is 0.103 e. The highest BCUT2D eigenvalue weighted by Crippen LogP contribution is 2.24. The van der Waals surface area contributed by atoms with Gasteiger partial charge >= 0.3 is 0 Å². The molecule has 0 aromatic heterocycles. The van der Waals surface area contributed by atoms with Gasteiger partial charge in [-0.3, -0.25) is 0 Å². The van der Waals surface area contributed by atoms with Gasteiger partial charge in [-0.05, 0) is 42.4 Å². The van der Waals surface area contributed by atoms with Crippen molar-refractivity contribution < 1.29 is 0 Å². The maximum absolute atomic E-state index is 3.78. The van der Waals surface area contributed by atoms with Gasteiger partial charge in [-0.15, -0.1) is 6.58 Å². The Morgan fingerprint density at radius 2 is 1.13 bits per heavy atom. The summed E-state index contributed by atoms with van der Waals surface area (Å²) in [6.45, 7) is 3.78. The second-order valence-corrected chi connectivity index (χ2v) is 5.98. The first kappa shape index (κ1) is 17.3. The van der Waals surface area contributed by atoms with Gasteiger partial charge < -0.3 is 0 Å². The normalized spacial score (nSPS) is 10.3. The molecule has 0 spiro atoms. The molecule has 0 aliphatic carbocycles. The van der Waals surface area contributed by atoms with Crippen molar-refractivity contribution in [1.29, 1.82) is 0 Å². The fourth-order valence-corrected chi connectivity index (χ4v) is 2.85. The summed E-state index contributed by atoms with van der Waals surface area (Å²) in [7, 11) is 0. The van der Waals surface area contributed by atoms with E-state index in [1.54, 1.807) is 0 Å². The number of allylic oxidation sites excluding steroid dienone is 2. The predicted molar refractivity (Wildman–Crippen MR) is 102 cm³/mol. The van der Waals surface area contributed by atoms with Crippen LogP contribution >= 0.6 is 0 Å². The second-order valence-electron chi connectivity index (χ2n) is 5.98. The first-order valence-electron chi connectivity index (χ1n) is 8.83. The van der Waals surface area contributed by atoms with Crippen molar-refractivity contribution in [3.05, 3.63) is 90.5 Å². The molecule has 0 heterocycles. The summed E-state index contributed by atoms with van der Waals surface area (Å²) >= 11 is 0. The zero-order valence-electron chi connectivity index (χ0n) is 14.1. The topological polar surface area (TPSA) is 0 Å². The van der Waals surface area contributed by atoms with Crippen molar-refractivity contribution in [3.8, 4) is 0 Å². The molecule has 23 heavy (non-hydrogen) atoms. The zero-order chi connectivity index (χ0) is 16.2. The van der Waals surface area contributed by atoms with Gasteiger partial charge in [-0.1, -0.05) is 92.1 Å². The molecule has 0 amide bonds. The molecular formula is C23H28. The molecule has 2 rings (SSSR count). The van der Waals surface area contributed by atoms with Crippen LogP contribution < -0.4 is 0 Å². The average Bonchev–Trinajstić information content (AvgIpc) is 2.62. The van der Waals surface area contributed by atoms with Crippen LogP contribution in [0, 0.1) is 0 Å². The minimum Gasteiger partial charge on any atom is -0.103 e. The Morgan fingerprint density at radius 1 is 0.652 bits per heavy atom. The summed E-state index contributed by atoms with van der Waals surface area (Å²) < 4.78 is 0. The minimum absolute atomic E-state index is 1.15. The predicted octanol–water partition coefficient (Wildman–Crippen LogP) is 7.04. The fourth-order valence-electron chi connectivity index (χ4n) is 2.85. The Kier molecular flexibility index (Phi) is 7.97. The second kappa shape index (κ2) is 10.6. The molecule has 2 aromatic rings. The van der Waals surface area contributed by atoms with E-state index in [0.29, 0.717) is 0 Å². The van der Waals surface area contributed by atoms with Crippen LogP contribution in [0.1, 0.15) is 56.1 Å². The van der Waals surface area contributed by atoms with Gasteiger partial charge in [0.25, 0.3) is 0 Å². The van der Waals surface area contributed by atoms with E-state index in [2.05, 4.69) is 73.3 Å². The maximum Gasteiger partial charge on any atom is -0.0151 e. The van der Waals surface area contributed by atoms with Crippen molar-refractivity contribution in [2.45, 2.75) is 44.9 Å². The summed E-state index contributed by atoms with van der Waals surface area (Å²) in [6, 6.07) is 21.4. The van der Waals surface area contributed by atoms with E-state index in [9.17, 15) is 0 Å². The third-order valence-corrected chi connectivity index (χ3v) is 4.13. The van der Waals surface area contributed by atoms with Gasteiger partial charge in [-0.25, -0.2) is 0 Å². The number of rotatable bonds is 10. The maximum atomic E-state index is 3.78. The first-order chi connectivity index (χ1) is 11.4. The third-order valence-electron chi connectivity index (χ3n) is 4.13. The molecule has 0 bridgehead atoms. The molecule has 0 saturated heterocycles. The van der Waals surface area contributed by atoms with E-state index < -0.39 is 0 Å². The molecule has 0 N–H and O–H groups in total. The van der Waals surface area contributed by atoms with E-state index in [4.69, 9.17) is 0 Å². The number of hydrogen-bond acceptors (Lipinski definition) is 0. The van der Waals surface area contributed by atoms with Crippen molar-refractivity contribution in [1.82, 2.24) is 0 Å². The Bertz CT molecular complexity index is 536. The van der Waals surface area contributed by atoms with Crippen molar-refractivity contribution >= 4 is 5.57 Å². The third kappa shape index (κ3) is 6.28. The Morgan fingerprint density at radius 3 is 1.65 bits per heavy atom. The molecule has 0 fully saturated rings. The monoisotopic (exact) mass is 304 g/mol. The molecule has 120 valence electrons. The van der Waals surface area contributed by atoms with Gasteiger partial charge in [0.05, 0.1) is 0 Å². The molecule has 0 aliphatic heterocycles. The van der Waals surface area contributed by atoms with E-state index in [0.717, 1.165) is 12.8 Å². The molecular weight excluding hydrogens is 276 g/mol. The van der Waals surface area contributed by atoms with Gasteiger partial charge in [0.2, 0.25) is 0 Å². The summed E-state index contributed by atoms with van der Waals surface area (Å²) in [5, 5.41) is 0. The molecule has 0 atom stereocenters. The van der Waals surface area contributed by atoms with Gasteiger partial charge in [0, 0.05) is 0 Å². The standard InChI is InChI=1S/C23H28/c1-2-3-4-5-6-7-8-15-20-23(21-16-11-9-12-17-21)22-18-13-10-14-19-22/h2,9-14,16-20H,1,3-8,15H2. The molecule has 2 aromatic carbocycles. The Balaban J connectivity index is 1.92. The molecule has 0 nitrogen and oxygen atoms in total. The summed E-state index contributed by atoms with van der Waals surface area (Å²) in [5.74, 6) is 0. The highest BCUT2D eigenvalue weighted by atomic mass is 14.1. The van der Waals surface area contributed by atoms with E-state index >= 15 is 0 Å². The molecule has 0 unspecified atom stereocenters. The van der Waals surface area contributed by atoms with Crippen LogP contribution in [0.25, 0.3) is 5.57 Å². The lowest BCUT2D eigenvalue weighted by Crippen LogP contribution is -1.88. The number of unbranched alkanes of at least 4 members (excludes halogenated alkanes) is 6. The lowest BCUT2D eigenvalue weighted by molar-refractivity contribution is 0.622. The lowest BCUT2D eigenvalue weighted by Gasteiger charge is -2.09. The molecule has 0 saturated carbocycles. The Labute approximate surface area is 141 Å². The highest BCUT2D eigenvalue weighted by molar-refractivity contribution is 5.79. The molecule has 0 aliphatic rings. The zero-order valence-corrected chi connectivity index (χ0v) is 14.1. The minimum atomic E-state index is 1.15. The SMILES string of the molecule is C=CCCCCCCCC=C(c1ccccc1)c1ccccc1. The Hall–Kier alpha value is -2.08. The van der Waals surface area contributed by atoms with Crippen LogP contribution in [0.2, 0.25) is 0 Å². The smallest absolute Gasteiger partial charge is 0.0151 e. The van der Waals surface area contributed by atoms with E-state index in [1.165, 1.54) is 48.8 Å². The first-order valence-corrected chi connectivity index (χ1v) is 8.83. The molecule has 0 heteroatoms. The lowest BCUT2D eigenvalue weighted by atomic mass is 9.96. The quantitative estimate of drug-likeness (QED) is 0.326. The van der Waals surface area contributed by atoms with Gasteiger partial charge in [0.15, 0.2) is 0 Å². The van der Waals surface area contributed by atoms with E-state index in [1.807, 2.05) is 6.08 Å². The number of hydrogen-bond donors (Lipinski definition) is 0. The van der Waals surface area contributed by atoms with Crippen molar-refractivity contribution in [3.63, 3.8) is 0 Å². The molecule has 0 radical (unpaired) electrons. The van der Waals surface area contributed by atoms with Gasteiger partial charge in [0.1, 0.15) is 0 Å². The van der Waals surface area contributed by atoms with E-state index in [-0.39, 0.29) is 0 Å². The van der Waals surface area contributed by atoms with Crippen LogP contribution in [-0.2, 0) is 0 Å². The average molecular weight is 304 g/mol. The van der Waals surface area contributed by atoms with Crippen molar-refractivity contribution in [2.24, 2.45) is 0 Å². The van der Waals surface area contributed by atoms with Crippen LogP contribution in [-0.4, -0.2) is 0 Å².